The van der Waals surface area contributed by atoms with Gasteiger partial charge in [-0.2, -0.15) is 4.98 Å². The summed E-state index contributed by atoms with van der Waals surface area (Å²) in [4.78, 5) is 19.3. The summed E-state index contributed by atoms with van der Waals surface area (Å²) in [7, 11) is 0. The molecule has 5 aliphatic rings. The van der Waals surface area contributed by atoms with Gasteiger partial charge in [-0.15, -0.1) is 0 Å². The molecule has 10 heteroatoms. The van der Waals surface area contributed by atoms with Crippen LogP contribution in [0.5, 0.6) is 11.6 Å². The van der Waals surface area contributed by atoms with E-state index >= 15 is 0 Å². The van der Waals surface area contributed by atoms with Crippen molar-refractivity contribution in [1.82, 2.24) is 25.2 Å². The molecular weight excluding hydrogens is 543 g/mol. The number of hydrogen-bond donors (Lipinski definition) is 2. The van der Waals surface area contributed by atoms with Gasteiger partial charge in [0, 0.05) is 61.0 Å². The molecule has 4 saturated heterocycles. The van der Waals surface area contributed by atoms with E-state index in [1.165, 1.54) is 12.8 Å². The van der Waals surface area contributed by atoms with E-state index in [0.717, 1.165) is 61.1 Å². The number of halogens is 2. The number of rotatable bonds is 6. The summed E-state index contributed by atoms with van der Waals surface area (Å²) in [5, 5.41) is 15.6. The van der Waals surface area contributed by atoms with Crippen molar-refractivity contribution in [2.24, 2.45) is 5.92 Å². The van der Waals surface area contributed by atoms with E-state index in [4.69, 9.17) is 31.3 Å². The first-order valence-corrected chi connectivity index (χ1v) is 15.5. The van der Waals surface area contributed by atoms with Crippen LogP contribution in [0.3, 0.4) is 0 Å². The number of fused-ring (bicyclic) bond motifs is 4. The second-order valence-corrected chi connectivity index (χ2v) is 13.4. The Morgan fingerprint density at radius 3 is 2.76 bits per heavy atom. The van der Waals surface area contributed by atoms with Crippen LogP contribution in [-0.4, -0.2) is 81.5 Å². The molecule has 216 valence electrons. The molecule has 1 aliphatic carbocycles. The first-order valence-electron chi connectivity index (χ1n) is 15.1. The minimum Gasteiger partial charge on any atom is -0.508 e. The number of pyridine rings is 1. The number of phenols is 1. The fraction of sp³-hybridized carbons (Fsp3) is 0.581. The third-order valence-electron chi connectivity index (χ3n) is 10.2. The quantitative estimate of drug-likeness (QED) is 0.419. The smallest absolute Gasteiger partial charge is 0.217 e. The largest absolute Gasteiger partial charge is 0.508 e. The average Bonchev–Trinajstić information content (AvgIpc) is 3.21. The van der Waals surface area contributed by atoms with Gasteiger partial charge in [0.2, 0.25) is 5.88 Å². The molecule has 2 aromatic heterocycles. The zero-order chi connectivity index (χ0) is 27.9. The molecule has 8 nitrogen and oxygen atoms in total. The van der Waals surface area contributed by atoms with E-state index in [0.29, 0.717) is 65.9 Å². The maximum absolute atomic E-state index is 14.4. The molecule has 0 spiro atoms. The van der Waals surface area contributed by atoms with E-state index in [-0.39, 0.29) is 11.3 Å². The third-order valence-corrected chi connectivity index (χ3v) is 10.5. The Morgan fingerprint density at radius 1 is 1.17 bits per heavy atom. The highest BCUT2D eigenvalue weighted by Gasteiger charge is 2.49. The number of aromatic nitrogens is 3. The van der Waals surface area contributed by atoms with Crippen molar-refractivity contribution in [3.63, 3.8) is 0 Å². The Labute approximate surface area is 244 Å². The fourth-order valence-corrected chi connectivity index (χ4v) is 8.33. The molecule has 1 saturated carbocycles. The Balaban J connectivity index is 1.20. The molecule has 8 rings (SSSR count). The molecule has 6 atom stereocenters. The van der Waals surface area contributed by atoms with Gasteiger partial charge in [-0.05, 0) is 68.2 Å². The minimum absolute atomic E-state index is 0.0934. The molecule has 2 N–H and O–H groups in total. The maximum atomic E-state index is 14.4. The van der Waals surface area contributed by atoms with Crippen molar-refractivity contribution in [3.8, 4) is 23.0 Å². The summed E-state index contributed by atoms with van der Waals surface area (Å²) in [5.41, 5.74) is 3.07. The van der Waals surface area contributed by atoms with E-state index in [9.17, 15) is 9.50 Å². The number of anilines is 1. The highest BCUT2D eigenvalue weighted by molar-refractivity contribution is 6.32. The highest BCUT2D eigenvalue weighted by Crippen LogP contribution is 2.53. The van der Waals surface area contributed by atoms with E-state index in [2.05, 4.69) is 22.0 Å². The topological polar surface area (TPSA) is 86.6 Å². The van der Waals surface area contributed by atoms with Crippen molar-refractivity contribution >= 4 is 28.3 Å². The zero-order valence-electron chi connectivity index (χ0n) is 23.3. The van der Waals surface area contributed by atoms with E-state index in [1.807, 2.05) is 12.3 Å². The van der Waals surface area contributed by atoms with Crippen LogP contribution >= 0.6 is 11.6 Å². The Hall–Kier alpha value is -2.75. The molecular formula is C31H36ClFN6O2. The number of phenolic OH excluding ortho intramolecular Hbond substituents is 1. The lowest BCUT2D eigenvalue weighted by Gasteiger charge is -2.35. The van der Waals surface area contributed by atoms with Gasteiger partial charge in [0.15, 0.2) is 11.5 Å². The standard InChI is InChI=1S/C31H36ClFN6O2/c1-17-7-22(17)28-23(8-21(40)9-25(28)32)29-34-12-24-26(38-14-19-3-4-20(15-38)35-19)10-27(36-30(24)37-29)41-16-31-5-2-6-39(31)13-18(33)11-31/h8-10,12,17-20,22,35,40H,2-7,11,13-16H2,1H3/t17-,18-,19?,20?,22-,31+/m1/s1. The van der Waals surface area contributed by atoms with Crippen LogP contribution in [0.2, 0.25) is 5.02 Å². The van der Waals surface area contributed by atoms with Crippen LogP contribution in [0, 0.1) is 5.92 Å². The van der Waals surface area contributed by atoms with Gasteiger partial charge >= 0.3 is 0 Å². The number of alkyl halides is 1. The number of nitrogens with zero attached hydrogens (tertiary/aromatic N) is 5. The van der Waals surface area contributed by atoms with Gasteiger partial charge < -0.3 is 20.1 Å². The average molecular weight is 579 g/mol. The predicted molar refractivity (Wildman–Crippen MR) is 157 cm³/mol. The SMILES string of the molecule is C[C@@H]1C[C@H]1c1c(Cl)cc(O)cc1-c1ncc2c(N3CC4CCC(C3)N4)cc(OC[C@@]34CCCN3C[C@H](F)C4)nc2n1. The van der Waals surface area contributed by atoms with Crippen LogP contribution in [0.4, 0.5) is 10.1 Å². The second-order valence-electron chi connectivity index (χ2n) is 13.0. The van der Waals surface area contributed by atoms with Crippen LogP contribution in [0.15, 0.2) is 24.4 Å². The Kier molecular flexibility index (Phi) is 6.10. The molecule has 0 amide bonds. The fourth-order valence-electron chi connectivity index (χ4n) is 7.98. The Bertz CT molecular complexity index is 1510. The lowest BCUT2D eigenvalue weighted by atomic mass is 9.95. The molecule has 0 radical (unpaired) electrons. The van der Waals surface area contributed by atoms with Crippen molar-refractivity contribution < 1.29 is 14.2 Å². The summed E-state index contributed by atoms with van der Waals surface area (Å²) in [6, 6.07) is 6.26. The Morgan fingerprint density at radius 2 is 1.98 bits per heavy atom. The monoisotopic (exact) mass is 578 g/mol. The van der Waals surface area contributed by atoms with E-state index in [1.54, 1.807) is 12.1 Å². The first kappa shape index (κ1) is 25.9. The van der Waals surface area contributed by atoms with Crippen molar-refractivity contribution in [1.29, 1.82) is 0 Å². The van der Waals surface area contributed by atoms with Crippen molar-refractivity contribution in [2.45, 2.75) is 75.2 Å². The van der Waals surface area contributed by atoms with Gasteiger partial charge in [0.05, 0.1) is 16.6 Å². The van der Waals surface area contributed by atoms with Crippen LogP contribution < -0.4 is 15.0 Å². The van der Waals surface area contributed by atoms with Crippen molar-refractivity contribution in [2.75, 3.05) is 37.7 Å². The van der Waals surface area contributed by atoms with Crippen LogP contribution in [0.25, 0.3) is 22.4 Å². The molecule has 4 aliphatic heterocycles. The molecule has 6 heterocycles. The maximum Gasteiger partial charge on any atom is 0.217 e. The van der Waals surface area contributed by atoms with Crippen molar-refractivity contribution in [3.05, 3.63) is 35.0 Å². The van der Waals surface area contributed by atoms with Gasteiger partial charge in [-0.3, -0.25) is 4.90 Å². The molecule has 5 fully saturated rings. The highest BCUT2D eigenvalue weighted by atomic mass is 35.5. The predicted octanol–water partition coefficient (Wildman–Crippen LogP) is 5.07. The number of nitrogens with one attached hydrogen (secondary N) is 1. The summed E-state index contributed by atoms with van der Waals surface area (Å²) < 4.78 is 20.9. The summed E-state index contributed by atoms with van der Waals surface area (Å²) >= 11 is 6.65. The molecule has 1 aromatic carbocycles. The van der Waals surface area contributed by atoms with Gasteiger partial charge in [-0.25, -0.2) is 14.4 Å². The normalized spacial score (nSPS) is 32.6. The molecule has 41 heavy (non-hydrogen) atoms. The third kappa shape index (κ3) is 4.51. The molecule has 2 bridgehead atoms. The number of benzene rings is 1. The van der Waals surface area contributed by atoms with Gasteiger partial charge in [0.1, 0.15) is 18.5 Å². The first-order chi connectivity index (χ1) is 19.8. The number of ether oxygens (including phenoxy) is 1. The second kappa shape index (κ2) is 9.64. The number of hydrogen-bond acceptors (Lipinski definition) is 8. The van der Waals surface area contributed by atoms with Gasteiger partial charge in [0.25, 0.3) is 0 Å². The lowest BCUT2D eigenvalue weighted by molar-refractivity contribution is 0.111. The molecule has 3 aromatic rings. The summed E-state index contributed by atoms with van der Waals surface area (Å²) in [6.07, 6.45) is 6.99. The zero-order valence-corrected chi connectivity index (χ0v) is 24.1. The number of aromatic hydroxyl groups is 1. The summed E-state index contributed by atoms with van der Waals surface area (Å²) in [6.45, 7) is 5.86. The van der Waals surface area contributed by atoms with E-state index < -0.39 is 6.17 Å². The summed E-state index contributed by atoms with van der Waals surface area (Å²) in [5.74, 6) is 1.95. The van der Waals surface area contributed by atoms with Crippen LogP contribution in [0.1, 0.15) is 56.9 Å². The minimum atomic E-state index is -0.803. The molecule has 2 unspecified atom stereocenters. The van der Waals surface area contributed by atoms with Crippen LogP contribution in [-0.2, 0) is 0 Å². The lowest BCUT2D eigenvalue weighted by Crippen LogP contribution is -2.51. The number of piperazine rings is 1. The van der Waals surface area contributed by atoms with Gasteiger partial charge in [-0.1, -0.05) is 18.5 Å².